The van der Waals surface area contributed by atoms with E-state index in [0.717, 1.165) is 11.1 Å². The Morgan fingerprint density at radius 1 is 1.00 bits per heavy atom. The third-order valence-electron chi connectivity index (χ3n) is 6.87. The van der Waals surface area contributed by atoms with Crippen LogP contribution >= 0.6 is 0 Å². The van der Waals surface area contributed by atoms with E-state index in [4.69, 9.17) is 9.47 Å². The number of ether oxygens (including phenoxy) is 2. The Labute approximate surface area is 223 Å². The fraction of sp³-hybridized carbons (Fsp3) is 0.483. The molecule has 2 heterocycles. The zero-order valence-electron chi connectivity index (χ0n) is 22.5. The van der Waals surface area contributed by atoms with Gasteiger partial charge in [-0.25, -0.2) is 4.79 Å². The maximum atomic E-state index is 13.1. The first-order valence-corrected chi connectivity index (χ1v) is 13.1. The topological polar surface area (TPSA) is 108 Å². The molecular formula is C29H37N3O6. The summed E-state index contributed by atoms with van der Waals surface area (Å²) in [6.07, 6.45) is -1.10. The fourth-order valence-electron chi connectivity index (χ4n) is 4.79. The van der Waals surface area contributed by atoms with Gasteiger partial charge in [0, 0.05) is 30.8 Å². The van der Waals surface area contributed by atoms with Crippen molar-refractivity contribution < 1.29 is 29.0 Å². The second-order valence-electron chi connectivity index (χ2n) is 10.9. The number of morpholine rings is 1. The van der Waals surface area contributed by atoms with Crippen molar-refractivity contribution in [1.82, 2.24) is 15.1 Å². The minimum atomic E-state index is -1.04. The third kappa shape index (κ3) is 6.52. The molecule has 2 aromatic rings. The summed E-state index contributed by atoms with van der Waals surface area (Å²) in [5.74, 6) is -0.467. The van der Waals surface area contributed by atoms with E-state index in [9.17, 15) is 19.5 Å². The lowest BCUT2D eigenvalue weighted by Crippen LogP contribution is -2.57. The minimum Gasteiger partial charge on any atom is -0.444 e. The van der Waals surface area contributed by atoms with Gasteiger partial charge >= 0.3 is 6.09 Å². The summed E-state index contributed by atoms with van der Waals surface area (Å²) in [4.78, 5) is 42.0. The number of carbonyl (C=O) groups excluding carboxylic acids is 3. The van der Waals surface area contributed by atoms with Gasteiger partial charge in [0.05, 0.1) is 31.4 Å². The van der Waals surface area contributed by atoms with E-state index in [-0.39, 0.29) is 11.8 Å². The Balaban J connectivity index is 1.44. The van der Waals surface area contributed by atoms with Crippen LogP contribution in [0.25, 0.3) is 0 Å². The molecule has 1 saturated heterocycles. The first kappa shape index (κ1) is 27.6. The average molecular weight is 524 g/mol. The predicted octanol–water partition coefficient (Wildman–Crippen LogP) is 3.00. The third-order valence-corrected chi connectivity index (χ3v) is 6.87. The summed E-state index contributed by atoms with van der Waals surface area (Å²) >= 11 is 0. The van der Waals surface area contributed by atoms with Gasteiger partial charge in [0.15, 0.2) is 0 Å². The molecule has 3 amide bonds. The number of fused-ring (bicyclic) bond motifs is 1. The lowest BCUT2D eigenvalue weighted by molar-refractivity contribution is -0.0181. The molecule has 0 spiro atoms. The van der Waals surface area contributed by atoms with E-state index in [2.05, 4.69) is 5.32 Å². The largest absolute Gasteiger partial charge is 0.444 e. The molecule has 2 aliphatic rings. The van der Waals surface area contributed by atoms with Crippen LogP contribution in [0, 0.1) is 0 Å². The van der Waals surface area contributed by atoms with Crippen LogP contribution in [-0.2, 0) is 22.4 Å². The van der Waals surface area contributed by atoms with Gasteiger partial charge in [-0.3, -0.25) is 14.5 Å². The Morgan fingerprint density at radius 2 is 1.61 bits per heavy atom. The van der Waals surface area contributed by atoms with Gasteiger partial charge in [0.25, 0.3) is 11.8 Å². The molecule has 3 atom stereocenters. The Morgan fingerprint density at radius 3 is 2.24 bits per heavy atom. The number of aliphatic hydroxyl groups is 1. The molecule has 204 valence electrons. The van der Waals surface area contributed by atoms with Crippen molar-refractivity contribution >= 4 is 17.9 Å². The summed E-state index contributed by atoms with van der Waals surface area (Å²) < 4.78 is 10.9. The highest BCUT2D eigenvalue weighted by Crippen LogP contribution is 2.28. The second-order valence-corrected chi connectivity index (χ2v) is 10.9. The number of benzene rings is 2. The number of carbonyl (C=O) groups is 3. The van der Waals surface area contributed by atoms with Crippen LogP contribution in [0.2, 0.25) is 0 Å². The van der Waals surface area contributed by atoms with Crippen molar-refractivity contribution in [3.05, 3.63) is 70.8 Å². The fourth-order valence-corrected chi connectivity index (χ4v) is 4.79. The Kier molecular flexibility index (Phi) is 8.38. The van der Waals surface area contributed by atoms with Crippen LogP contribution in [0.1, 0.15) is 59.5 Å². The monoisotopic (exact) mass is 523 g/mol. The lowest BCUT2D eigenvalue weighted by atomic mass is 9.89. The molecule has 0 saturated carbocycles. The SMILES string of the molecule is CC(NC(=O)c1ccc(C(=O)N2CCOCC2)cc1)[C@@H](O)[C@@H]1Cc2ccccc2CN1C(=O)OC(C)(C)C. The van der Waals surface area contributed by atoms with Crippen LogP contribution in [0.15, 0.2) is 48.5 Å². The number of nitrogens with zero attached hydrogens (tertiary/aromatic N) is 2. The van der Waals surface area contributed by atoms with Gasteiger partial charge in [-0.15, -0.1) is 0 Å². The molecule has 0 bridgehead atoms. The standard InChI is InChI=1S/C29H37N3O6/c1-19(30-26(34)20-9-11-21(12-10-20)27(35)31-13-15-37-16-14-31)25(33)24-17-22-7-5-6-8-23(22)18-32(24)28(36)38-29(2,3)4/h5-12,19,24-25,33H,13-18H2,1-4H3,(H,30,34)/t19?,24-,25+/m0/s1. The molecule has 2 N–H and O–H groups in total. The number of amides is 3. The molecule has 0 radical (unpaired) electrons. The van der Waals surface area contributed by atoms with E-state index < -0.39 is 29.9 Å². The van der Waals surface area contributed by atoms with Crippen LogP contribution in [-0.4, -0.2) is 82.9 Å². The van der Waals surface area contributed by atoms with E-state index >= 15 is 0 Å². The van der Waals surface area contributed by atoms with Crippen LogP contribution < -0.4 is 5.32 Å². The number of hydrogen-bond acceptors (Lipinski definition) is 6. The Bertz CT molecular complexity index is 1150. The van der Waals surface area contributed by atoms with Gasteiger partial charge < -0.3 is 24.8 Å². The van der Waals surface area contributed by atoms with Crippen molar-refractivity contribution in [3.8, 4) is 0 Å². The number of aliphatic hydroxyl groups excluding tert-OH is 1. The zero-order chi connectivity index (χ0) is 27.4. The van der Waals surface area contributed by atoms with E-state index in [1.54, 1.807) is 61.8 Å². The highest BCUT2D eigenvalue weighted by Gasteiger charge is 2.39. The Hall–Kier alpha value is -3.43. The van der Waals surface area contributed by atoms with Crippen LogP contribution in [0.5, 0.6) is 0 Å². The molecule has 9 nitrogen and oxygen atoms in total. The molecule has 2 aliphatic heterocycles. The normalized spacial score (nSPS) is 19.2. The lowest BCUT2D eigenvalue weighted by Gasteiger charge is -2.41. The quantitative estimate of drug-likeness (QED) is 0.624. The number of rotatable bonds is 5. The van der Waals surface area contributed by atoms with Gasteiger partial charge in [0.2, 0.25) is 0 Å². The minimum absolute atomic E-state index is 0.0936. The molecule has 0 aromatic heterocycles. The maximum absolute atomic E-state index is 13.1. The predicted molar refractivity (Wildman–Crippen MR) is 142 cm³/mol. The van der Waals surface area contributed by atoms with Crippen LogP contribution in [0.3, 0.4) is 0 Å². The molecule has 2 aromatic carbocycles. The van der Waals surface area contributed by atoms with E-state index in [0.29, 0.717) is 50.4 Å². The maximum Gasteiger partial charge on any atom is 0.410 e. The van der Waals surface area contributed by atoms with Gasteiger partial charge in [-0.05, 0) is 69.5 Å². The van der Waals surface area contributed by atoms with Crippen molar-refractivity contribution in [1.29, 1.82) is 0 Å². The number of hydrogen-bond donors (Lipinski definition) is 2. The summed E-state index contributed by atoms with van der Waals surface area (Å²) in [5, 5.41) is 14.2. The first-order chi connectivity index (χ1) is 18.0. The average Bonchev–Trinajstić information content (AvgIpc) is 2.91. The van der Waals surface area contributed by atoms with Crippen molar-refractivity contribution in [3.63, 3.8) is 0 Å². The van der Waals surface area contributed by atoms with Gasteiger partial charge in [-0.1, -0.05) is 24.3 Å². The van der Waals surface area contributed by atoms with Crippen molar-refractivity contribution in [2.24, 2.45) is 0 Å². The molecule has 1 unspecified atom stereocenters. The summed E-state index contributed by atoms with van der Waals surface area (Å²) in [5.41, 5.74) is 2.25. The highest BCUT2D eigenvalue weighted by atomic mass is 16.6. The van der Waals surface area contributed by atoms with Crippen molar-refractivity contribution in [2.45, 2.75) is 64.4 Å². The summed E-state index contributed by atoms with van der Waals surface area (Å²) in [7, 11) is 0. The zero-order valence-corrected chi connectivity index (χ0v) is 22.5. The van der Waals surface area contributed by atoms with E-state index in [1.807, 2.05) is 24.3 Å². The molecule has 4 rings (SSSR count). The molecule has 9 heteroatoms. The summed E-state index contributed by atoms with van der Waals surface area (Å²) in [6, 6.07) is 13.1. The molecule has 0 aliphatic carbocycles. The molecule has 1 fully saturated rings. The summed E-state index contributed by atoms with van der Waals surface area (Å²) in [6.45, 7) is 9.56. The first-order valence-electron chi connectivity index (χ1n) is 13.1. The van der Waals surface area contributed by atoms with Gasteiger partial charge in [0.1, 0.15) is 5.60 Å². The smallest absolute Gasteiger partial charge is 0.410 e. The van der Waals surface area contributed by atoms with Gasteiger partial charge in [-0.2, -0.15) is 0 Å². The van der Waals surface area contributed by atoms with E-state index in [1.165, 1.54) is 0 Å². The van der Waals surface area contributed by atoms with Crippen LogP contribution in [0.4, 0.5) is 4.79 Å². The highest BCUT2D eigenvalue weighted by molar-refractivity contribution is 5.98. The molecule has 38 heavy (non-hydrogen) atoms. The number of nitrogens with one attached hydrogen (secondary N) is 1. The second kappa shape index (κ2) is 11.5. The van der Waals surface area contributed by atoms with Crippen molar-refractivity contribution in [2.75, 3.05) is 26.3 Å². The molecular weight excluding hydrogens is 486 g/mol.